The van der Waals surface area contributed by atoms with Gasteiger partial charge >= 0.3 is 6.03 Å². The van der Waals surface area contributed by atoms with E-state index in [1.165, 1.54) is 4.90 Å². The van der Waals surface area contributed by atoms with Gasteiger partial charge in [0.2, 0.25) is 11.8 Å². The number of carbonyl (C=O) groups is 4. The van der Waals surface area contributed by atoms with Gasteiger partial charge < -0.3 is 25.0 Å². The summed E-state index contributed by atoms with van der Waals surface area (Å²) in [7, 11) is 0. The maximum atomic E-state index is 13.4. The molecule has 2 atom stereocenters. The number of anilines is 2. The smallest absolute Gasteiger partial charge is 0.325 e. The second kappa shape index (κ2) is 8.05. The maximum absolute atomic E-state index is 13.4. The van der Waals surface area contributed by atoms with E-state index >= 15 is 0 Å². The summed E-state index contributed by atoms with van der Waals surface area (Å²) >= 11 is 0. The first-order chi connectivity index (χ1) is 16.3. The molecule has 34 heavy (non-hydrogen) atoms. The zero-order valence-corrected chi connectivity index (χ0v) is 18.8. The summed E-state index contributed by atoms with van der Waals surface area (Å²) in [6, 6.07) is 10.9. The molecule has 2 aromatic carbocycles. The lowest BCUT2D eigenvalue weighted by atomic mass is 9.91. The van der Waals surface area contributed by atoms with E-state index in [-0.39, 0.29) is 12.3 Å². The van der Waals surface area contributed by atoms with Gasteiger partial charge in [-0.15, -0.1) is 0 Å². The number of imide groups is 1. The molecule has 3 heterocycles. The third kappa shape index (κ3) is 3.51. The van der Waals surface area contributed by atoms with Crippen molar-refractivity contribution in [3.63, 3.8) is 0 Å². The van der Waals surface area contributed by atoms with Crippen LogP contribution in [0.15, 0.2) is 42.5 Å². The van der Waals surface area contributed by atoms with Crippen molar-refractivity contribution >= 4 is 35.1 Å². The van der Waals surface area contributed by atoms with Crippen LogP contribution in [0.4, 0.5) is 16.2 Å². The summed E-state index contributed by atoms with van der Waals surface area (Å²) in [5.74, 6) is -0.164. The van der Waals surface area contributed by atoms with Gasteiger partial charge in [0.25, 0.3) is 5.91 Å². The molecule has 0 aliphatic carbocycles. The molecule has 0 aromatic heterocycles. The van der Waals surface area contributed by atoms with Crippen molar-refractivity contribution in [3.8, 4) is 11.5 Å². The maximum Gasteiger partial charge on any atom is 0.325 e. The molecule has 0 unspecified atom stereocenters. The first-order valence-electron chi connectivity index (χ1n) is 11.0. The highest BCUT2D eigenvalue weighted by molar-refractivity contribution is 6.12. The lowest BCUT2D eigenvalue weighted by Gasteiger charge is -2.29. The Balaban J connectivity index is 1.41. The SMILES string of the molecule is C[C@@H]1CC(=O)Nc2ccccc2N1C(=O)CN1C(=O)N[C@@](C)(c2ccc3c(c2)OCCO3)C1=O. The Morgan fingerprint density at radius 2 is 1.82 bits per heavy atom. The Hall–Kier alpha value is -4.08. The lowest BCUT2D eigenvalue weighted by molar-refractivity contribution is -0.134. The number of benzene rings is 2. The normalized spacial score (nSPS) is 23.7. The van der Waals surface area contributed by atoms with Gasteiger partial charge in [-0.3, -0.25) is 19.3 Å². The van der Waals surface area contributed by atoms with E-state index in [9.17, 15) is 19.2 Å². The Kier molecular flexibility index (Phi) is 5.15. The molecule has 3 aliphatic heterocycles. The molecule has 5 amide bonds. The van der Waals surface area contributed by atoms with Crippen LogP contribution in [-0.4, -0.2) is 54.5 Å². The summed E-state index contributed by atoms with van der Waals surface area (Å²) in [5.41, 5.74) is 0.178. The fourth-order valence-corrected chi connectivity index (χ4v) is 4.57. The van der Waals surface area contributed by atoms with Crippen molar-refractivity contribution in [3.05, 3.63) is 48.0 Å². The average Bonchev–Trinajstić information content (AvgIpc) is 2.95. The molecule has 2 N–H and O–H groups in total. The molecular weight excluding hydrogens is 440 g/mol. The monoisotopic (exact) mass is 464 g/mol. The number of amides is 5. The Morgan fingerprint density at radius 1 is 1.09 bits per heavy atom. The van der Waals surface area contributed by atoms with Crippen molar-refractivity contribution in [2.24, 2.45) is 0 Å². The van der Waals surface area contributed by atoms with Crippen molar-refractivity contribution < 1.29 is 28.7 Å². The molecular formula is C24H24N4O6. The first kappa shape index (κ1) is 21.7. The minimum Gasteiger partial charge on any atom is -0.486 e. The van der Waals surface area contributed by atoms with Crippen LogP contribution in [0.25, 0.3) is 0 Å². The van der Waals surface area contributed by atoms with E-state index in [1.807, 2.05) is 0 Å². The van der Waals surface area contributed by atoms with E-state index in [4.69, 9.17) is 9.47 Å². The quantitative estimate of drug-likeness (QED) is 0.671. The number of fused-ring (bicyclic) bond motifs is 2. The highest BCUT2D eigenvalue weighted by atomic mass is 16.6. The van der Waals surface area contributed by atoms with Crippen LogP contribution in [0.3, 0.4) is 0 Å². The van der Waals surface area contributed by atoms with Crippen LogP contribution in [0.2, 0.25) is 0 Å². The highest BCUT2D eigenvalue weighted by Crippen LogP contribution is 2.37. The van der Waals surface area contributed by atoms with E-state index in [1.54, 1.807) is 56.3 Å². The number of carbonyl (C=O) groups excluding carboxylic acids is 4. The minimum atomic E-state index is -1.37. The Labute approximate surface area is 195 Å². The molecule has 176 valence electrons. The van der Waals surface area contributed by atoms with Crippen LogP contribution in [0, 0.1) is 0 Å². The second-order valence-corrected chi connectivity index (χ2v) is 8.69. The summed E-state index contributed by atoms with van der Waals surface area (Å²) in [4.78, 5) is 54.2. The molecule has 10 nitrogen and oxygen atoms in total. The van der Waals surface area contributed by atoms with Crippen LogP contribution in [0.5, 0.6) is 11.5 Å². The number of urea groups is 1. The zero-order valence-electron chi connectivity index (χ0n) is 18.8. The largest absolute Gasteiger partial charge is 0.486 e. The topological polar surface area (TPSA) is 117 Å². The predicted octanol–water partition coefficient (Wildman–Crippen LogP) is 1.99. The zero-order chi connectivity index (χ0) is 24.0. The minimum absolute atomic E-state index is 0.0927. The predicted molar refractivity (Wildman–Crippen MR) is 122 cm³/mol. The molecule has 10 heteroatoms. The first-order valence-corrected chi connectivity index (χ1v) is 11.0. The molecule has 3 aliphatic rings. The standard InChI is InChI=1S/C24H24N4O6/c1-14-11-20(29)25-16-5-3-4-6-17(16)28(14)21(30)13-27-22(31)24(2,26-23(27)32)15-7-8-18-19(12-15)34-10-9-33-18/h3-8,12,14H,9-11,13H2,1-2H3,(H,25,29)(H,26,32)/t14-,24+/m1/s1. The summed E-state index contributed by atoms with van der Waals surface area (Å²) in [5, 5.41) is 5.51. The van der Waals surface area contributed by atoms with Gasteiger partial charge in [-0.25, -0.2) is 4.79 Å². The van der Waals surface area contributed by atoms with Gasteiger partial charge in [0.15, 0.2) is 11.5 Å². The van der Waals surface area contributed by atoms with Gasteiger partial charge in [-0.1, -0.05) is 18.2 Å². The molecule has 0 spiro atoms. The molecule has 0 saturated carbocycles. The van der Waals surface area contributed by atoms with Crippen LogP contribution < -0.4 is 25.0 Å². The van der Waals surface area contributed by atoms with Crippen LogP contribution in [0.1, 0.15) is 25.8 Å². The van der Waals surface area contributed by atoms with E-state index in [0.717, 1.165) is 4.90 Å². The molecule has 1 fully saturated rings. The van der Waals surface area contributed by atoms with Crippen molar-refractivity contribution in [1.29, 1.82) is 0 Å². The van der Waals surface area contributed by atoms with Gasteiger partial charge in [-0.05, 0) is 43.7 Å². The summed E-state index contributed by atoms with van der Waals surface area (Å²) in [6.45, 7) is 3.72. The molecule has 0 bridgehead atoms. The van der Waals surface area contributed by atoms with Crippen molar-refractivity contribution in [1.82, 2.24) is 10.2 Å². The lowest BCUT2D eigenvalue weighted by Crippen LogP contribution is -2.47. The van der Waals surface area contributed by atoms with E-state index in [2.05, 4.69) is 10.6 Å². The van der Waals surface area contributed by atoms with Crippen LogP contribution in [-0.2, 0) is 19.9 Å². The third-order valence-electron chi connectivity index (χ3n) is 6.32. The number of para-hydroxylation sites is 2. The Morgan fingerprint density at radius 3 is 2.62 bits per heavy atom. The third-order valence-corrected chi connectivity index (χ3v) is 6.32. The average molecular weight is 464 g/mol. The summed E-state index contributed by atoms with van der Waals surface area (Å²) in [6.07, 6.45) is 0.0927. The van der Waals surface area contributed by atoms with Crippen molar-refractivity contribution in [2.45, 2.75) is 31.8 Å². The van der Waals surface area contributed by atoms with Gasteiger partial charge in [0.05, 0.1) is 11.4 Å². The van der Waals surface area contributed by atoms with Crippen molar-refractivity contribution in [2.75, 3.05) is 30.0 Å². The van der Waals surface area contributed by atoms with Gasteiger partial charge in [-0.2, -0.15) is 0 Å². The second-order valence-electron chi connectivity index (χ2n) is 8.69. The summed E-state index contributed by atoms with van der Waals surface area (Å²) < 4.78 is 11.1. The number of hydrogen-bond donors (Lipinski definition) is 2. The molecule has 1 saturated heterocycles. The molecule has 0 radical (unpaired) electrons. The number of rotatable bonds is 3. The number of ether oxygens (including phenoxy) is 2. The molecule has 5 rings (SSSR count). The number of nitrogens with one attached hydrogen (secondary N) is 2. The number of hydrogen-bond acceptors (Lipinski definition) is 6. The van der Waals surface area contributed by atoms with E-state index < -0.39 is 36.0 Å². The van der Waals surface area contributed by atoms with Gasteiger partial charge in [0.1, 0.15) is 25.3 Å². The highest BCUT2D eigenvalue weighted by Gasteiger charge is 2.50. The van der Waals surface area contributed by atoms with E-state index in [0.29, 0.717) is 41.7 Å². The van der Waals surface area contributed by atoms with Crippen LogP contribution >= 0.6 is 0 Å². The number of nitrogens with zero attached hydrogens (tertiary/aromatic N) is 2. The fourth-order valence-electron chi connectivity index (χ4n) is 4.57. The molecule has 2 aromatic rings. The fraction of sp³-hybridized carbons (Fsp3) is 0.333. The Bertz CT molecular complexity index is 1210. The van der Waals surface area contributed by atoms with Gasteiger partial charge in [0, 0.05) is 12.5 Å².